The highest BCUT2D eigenvalue weighted by Gasteiger charge is 2.18. The average Bonchev–Trinajstić information content (AvgIpc) is 2.21. The number of nitrogens with zero attached hydrogens (tertiary/aromatic N) is 2. The van der Waals surface area contributed by atoms with Crippen molar-refractivity contribution in [1.29, 1.82) is 5.26 Å². The average molecular weight is 240 g/mol. The largest absolute Gasteiger partial charge is 0.389 e. The molecule has 0 heterocycles. The van der Waals surface area contributed by atoms with E-state index in [1.165, 1.54) is 0 Å². The molecular weight excluding hydrogens is 212 g/mol. The summed E-state index contributed by atoms with van der Waals surface area (Å²) in [6.45, 7) is 12.5. The van der Waals surface area contributed by atoms with E-state index in [1.807, 2.05) is 27.7 Å². The van der Waals surface area contributed by atoms with E-state index in [2.05, 4.69) is 17.9 Å². The van der Waals surface area contributed by atoms with Crippen LogP contribution < -0.4 is 0 Å². The molecular formula is C14H28N2O. The molecule has 0 saturated carbocycles. The number of likely N-dealkylation sites (N-methyl/N-ethyl adjacent to an activating group) is 1. The Morgan fingerprint density at radius 3 is 2.18 bits per heavy atom. The van der Waals surface area contributed by atoms with E-state index in [-0.39, 0.29) is 5.41 Å². The summed E-state index contributed by atoms with van der Waals surface area (Å²) < 4.78 is 0. The Kier molecular flexibility index (Phi) is 6.74. The smallest absolute Gasteiger partial charge is 0.0718 e. The van der Waals surface area contributed by atoms with Crippen LogP contribution in [0.4, 0.5) is 0 Å². The van der Waals surface area contributed by atoms with Gasteiger partial charge in [0.25, 0.3) is 0 Å². The first-order chi connectivity index (χ1) is 7.70. The van der Waals surface area contributed by atoms with E-state index in [0.29, 0.717) is 6.54 Å². The lowest BCUT2D eigenvalue weighted by Gasteiger charge is -2.28. The fourth-order valence-electron chi connectivity index (χ4n) is 1.85. The quantitative estimate of drug-likeness (QED) is 0.664. The molecule has 0 rings (SSSR count). The van der Waals surface area contributed by atoms with Gasteiger partial charge in [0.2, 0.25) is 0 Å². The maximum absolute atomic E-state index is 9.76. The Morgan fingerprint density at radius 2 is 1.76 bits per heavy atom. The van der Waals surface area contributed by atoms with Gasteiger partial charge in [-0.25, -0.2) is 0 Å². The summed E-state index contributed by atoms with van der Waals surface area (Å²) in [6, 6.07) is 2.33. The summed E-state index contributed by atoms with van der Waals surface area (Å²) in [5, 5.41) is 18.7. The number of hydrogen-bond donors (Lipinski definition) is 1. The third-order valence-electron chi connectivity index (χ3n) is 2.89. The maximum Gasteiger partial charge on any atom is 0.0718 e. The first kappa shape index (κ1) is 16.4. The standard InChI is InChI=1S/C14H28N2O/c1-6-16(12-14(4,5)17)10-8-7-9-13(2,3)11-15/h17H,6-10,12H2,1-5H3. The van der Waals surface area contributed by atoms with Gasteiger partial charge in [0.05, 0.1) is 17.1 Å². The van der Waals surface area contributed by atoms with Crippen LogP contribution in [0.1, 0.15) is 53.9 Å². The molecule has 17 heavy (non-hydrogen) atoms. The first-order valence-electron chi connectivity index (χ1n) is 6.56. The molecule has 1 N–H and O–H groups in total. The highest BCUT2D eigenvalue weighted by molar-refractivity contribution is 4.91. The minimum Gasteiger partial charge on any atom is -0.389 e. The minimum absolute atomic E-state index is 0.201. The summed E-state index contributed by atoms with van der Waals surface area (Å²) >= 11 is 0. The topological polar surface area (TPSA) is 47.3 Å². The summed E-state index contributed by atoms with van der Waals surface area (Å²) in [6.07, 6.45) is 3.11. The summed E-state index contributed by atoms with van der Waals surface area (Å²) in [7, 11) is 0. The zero-order valence-electron chi connectivity index (χ0n) is 12.1. The molecule has 0 aliphatic carbocycles. The number of rotatable bonds is 8. The third-order valence-corrected chi connectivity index (χ3v) is 2.89. The summed E-state index contributed by atoms with van der Waals surface area (Å²) in [4.78, 5) is 2.26. The molecule has 0 bridgehead atoms. The third kappa shape index (κ3) is 9.14. The van der Waals surface area contributed by atoms with Gasteiger partial charge in [-0.3, -0.25) is 0 Å². The molecule has 3 heteroatoms. The number of hydrogen-bond acceptors (Lipinski definition) is 3. The second kappa shape index (κ2) is 6.98. The van der Waals surface area contributed by atoms with Crippen molar-refractivity contribution in [3.63, 3.8) is 0 Å². The zero-order chi connectivity index (χ0) is 13.5. The monoisotopic (exact) mass is 240 g/mol. The first-order valence-corrected chi connectivity index (χ1v) is 6.56. The van der Waals surface area contributed by atoms with Crippen LogP contribution in [-0.2, 0) is 0 Å². The van der Waals surface area contributed by atoms with Crippen molar-refractivity contribution in [2.24, 2.45) is 5.41 Å². The zero-order valence-corrected chi connectivity index (χ0v) is 12.1. The molecule has 0 aromatic carbocycles. The van der Waals surface area contributed by atoms with E-state index in [0.717, 1.165) is 32.4 Å². The van der Waals surface area contributed by atoms with Crippen molar-refractivity contribution in [3.05, 3.63) is 0 Å². The van der Waals surface area contributed by atoms with Crippen molar-refractivity contribution in [2.45, 2.75) is 59.5 Å². The van der Waals surface area contributed by atoms with Crippen LogP contribution in [0.5, 0.6) is 0 Å². The maximum atomic E-state index is 9.76. The molecule has 0 aromatic rings. The van der Waals surface area contributed by atoms with Crippen molar-refractivity contribution in [2.75, 3.05) is 19.6 Å². The van der Waals surface area contributed by atoms with Crippen molar-refractivity contribution >= 4 is 0 Å². The highest BCUT2D eigenvalue weighted by Crippen LogP contribution is 2.21. The van der Waals surface area contributed by atoms with E-state index in [9.17, 15) is 5.11 Å². The lowest BCUT2D eigenvalue weighted by molar-refractivity contribution is 0.0372. The second-order valence-electron chi connectivity index (χ2n) is 6.13. The van der Waals surface area contributed by atoms with Gasteiger partial charge in [0.1, 0.15) is 0 Å². The molecule has 0 spiro atoms. The van der Waals surface area contributed by atoms with Gasteiger partial charge in [0.15, 0.2) is 0 Å². The Balaban J connectivity index is 3.83. The molecule has 0 fully saturated rings. The molecule has 0 saturated heterocycles. The predicted molar refractivity (Wildman–Crippen MR) is 71.7 cm³/mol. The van der Waals surface area contributed by atoms with Gasteiger partial charge >= 0.3 is 0 Å². The Morgan fingerprint density at radius 1 is 1.18 bits per heavy atom. The van der Waals surface area contributed by atoms with E-state index in [4.69, 9.17) is 5.26 Å². The van der Waals surface area contributed by atoms with Crippen molar-refractivity contribution in [3.8, 4) is 6.07 Å². The van der Waals surface area contributed by atoms with Crippen LogP contribution in [0.2, 0.25) is 0 Å². The lowest BCUT2D eigenvalue weighted by atomic mass is 9.89. The fraction of sp³-hybridized carbons (Fsp3) is 0.929. The van der Waals surface area contributed by atoms with Gasteiger partial charge < -0.3 is 10.0 Å². The van der Waals surface area contributed by atoms with Crippen LogP contribution in [0.3, 0.4) is 0 Å². The van der Waals surface area contributed by atoms with E-state index >= 15 is 0 Å². The molecule has 0 unspecified atom stereocenters. The molecule has 3 nitrogen and oxygen atoms in total. The lowest BCUT2D eigenvalue weighted by Crippen LogP contribution is -2.39. The molecule has 0 aliphatic rings. The molecule has 0 aromatic heterocycles. The Labute approximate surface area is 106 Å². The van der Waals surface area contributed by atoms with Crippen LogP contribution in [0.15, 0.2) is 0 Å². The highest BCUT2D eigenvalue weighted by atomic mass is 16.3. The van der Waals surface area contributed by atoms with E-state index in [1.54, 1.807) is 0 Å². The van der Waals surface area contributed by atoms with Gasteiger partial charge in [0, 0.05) is 6.54 Å². The molecule has 0 atom stereocenters. The fourth-order valence-corrected chi connectivity index (χ4v) is 1.85. The van der Waals surface area contributed by atoms with Gasteiger partial charge in [-0.05, 0) is 53.6 Å². The van der Waals surface area contributed by atoms with E-state index < -0.39 is 5.60 Å². The summed E-state index contributed by atoms with van der Waals surface area (Å²) in [5.74, 6) is 0. The number of nitriles is 1. The normalized spacial score (nSPS) is 12.8. The molecule has 100 valence electrons. The van der Waals surface area contributed by atoms with Crippen molar-refractivity contribution in [1.82, 2.24) is 4.90 Å². The number of unbranched alkanes of at least 4 members (excludes halogenated alkanes) is 1. The van der Waals surface area contributed by atoms with Crippen molar-refractivity contribution < 1.29 is 5.11 Å². The van der Waals surface area contributed by atoms with Crippen LogP contribution >= 0.6 is 0 Å². The summed E-state index contributed by atoms with van der Waals surface area (Å²) in [5.41, 5.74) is -0.824. The van der Waals surface area contributed by atoms with Gasteiger partial charge in [-0.15, -0.1) is 0 Å². The molecule has 0 aliphatic heterocycles. The second-order valence-corrected chi connectivity index (χ2v) is 6.13. The predicted octanol–water partition coefficient (Wildman–Crippen LogP) is 2.80. The molecule has 0 radical (unpaired) electrons. The van der Waals surface area contributed by atoms with Crippen LogP contribution in [0, 0.1) is 16.7 Å². The Hall–Kier alpha value is -0.590. The van der Waals surface area contributed by atoms with Gasteiger partial charge in [-0.1, -0.05) is 13.3 Å². The van der Waals surface area contributed by atoms with Gasteiger partial charge in [-0.2, -0.15) is 5.26 Å². The van der Waals surface area contributed by atoms with Crippen LogP contribution in [-0.4, -0.2) is 35.2 Å². The molecule has 0 amide bonds. The SMILES string of the molecule is CCN(CCCCC(C)(C)C#N)CC(C)(C)O. The Bertz CT molecular complexity index is 248. The number of aliphatic hydroxyl groups is 1. The van der Waals surface area contributed by atoms with Crippen LogP contribution in [0.25, 0.3) is 0 Å². The minimum atomic E-state index is -0.623.